The van der Waals surface area contributed by atoms with Gasteiger partial charge in [0, 0.05) is 20.3 Å². The second-order valence-corrected chi connectivity index (χ2v) is 6.99. The Morgan fingerprint density at radius 3 is 2.24 bits per heavy atom. The van der Waals surface area contributed by atoms with E-state index in [0.29, 0.717) is 0 Å². The molecule has 152 valence electrons. The smallest absolute Gasteiger partial charge is 1.00 e. The maximum atomic E-state index is 12.5. The molecule has 0 bridgehead atoms. The second-order valence-electron chi connectivity index (χ2n) is 5.39. The zero-order chi connectivity index (χ0) is 20.9. The van der Waals surface area contributed by atoms with Gasteiger partial charge in [0.25, 0.3) is 15.9 Å². The number of sulfonamides is 1. The molecule has 2 aromatic rings. The molecule has 0 aromatic carbocycles. The van der Waals surface area contributed by atoms with Gasteiger partial charge in [-0.2, -0.15) is 18.4 Å². The van der Waals surface area contributed by atoms with E-state index >= 15 is 0 Å². The Morgan fingerprint density at radius 2 is 1.72 bits per heavy atom. The largest absolute Gasteiger partial charge is 1.00 e. The Kier molecular flexibility index (Phi) is 8.76. The standard InChI is InChI=1S/C15H18N6O6S.Na.H/c1-21(2)13(22)9-6-5-7-16-12(9)28(24,25)20-15(23)19-14-17-10(26-3)8-11(18-14)27-4;;/h5-8H,1-4H3,(H2,17,18,19,20,23);;/q;+1;-1. The van der Waals surface area contributed by atoms with E-state index in [2.05, 4.69) is 20.3 Å². The van der Waals surface area contributed by atoms with E-state index in [1.165, 1.54) is 57.6 Å². The van der Waals surface area contributed by atoms with E-state index in [1.54, 1.807) is 4.72 Å². The first kappa shape index (κ1) is 24.6. The molecule has 0 aliphatic rings. The fraction of sp³-hybridized carbons (Fsp3) is 0.267. The van der Waals surface area contributed by atoms with Crippen molar-refractivity contribution in [3.8, 4) is 11.8 Å². The number of hydrogen-bond donors (Lipinski definition) is 2. The van der Waals surface area contributed by atoms with Crippen LogP contribution in [-0.4, -0.2) is 68.5 Å². The number of amides is 3. The van der Waals surface area contributed by atoms with Gasteiger partial charge in [0.1, 0.15) is 0 Å². The minimum absolute atomic E-state index is 0. The Morgan fingerprint density at radius 1 is 1.14 bits per heavy atom. The molecule has 0 unspecified atom stereocenters. The van der Waals surface area contributed by atoms with E-state index in [4.69, 9.17) is 9.47 Å². The minimum Gasteiger partial charge on any atom is -1.00 e. The number of pyridine rings is 1. The third-order valence-electron chi connectivity index (χ3n) is 3.21. The molecule has 2 aromatic heterocycles. The van der Waals surface area contributed by atoms with Crippen molar-refractivity contribution in [1.29, 1.82) is 0 Å². The van der Waals surface area contributed by atoms with Crippen LogP contribution in [-0.2, 0) is 10.0 Å². The Balaban J connectivity index is 0.00000420. The number of urea groups is 1. The molecule has 0 radical (unpaired) electrons. The average Bonchev–Trinajstić information content (AvgIpc) is 2.66. The van der Waals surface area contributed by atoms with Gasteiger partial charge in [0.05, 0.1) is 25.8 Å². The quantitative estimate of drug-likeness (QED) is 0.460. The van der Waals surface area contributed by atoms with Crippen LogP contribution in [0.1, 0.15) is 11.8 Å². The third kappa shape index (κ3) is 6.25. The molecule has 29 heavy (non-hydrogen) atoms. The molecule has 3 amide bonds. The van der Waals surface area contributed by atoms with Gasteiger partial charge in [0.2, 0.25) is 17.7 Å². The summed E-state index contributed by atoms with van der Waals surface area (Å²) in [5.74, 6) is -0.661. The van der Waals surface area contributed by atoms with Gasteiger partial charge in [-0.15, -0.1) is 0 Å². The molecule has 12 nitrogen and oxygen atoms in total. The van der Waals surface area contributed by atoms with Crippen LogP contribution < -0.4 is 49.1 Å². The number of carbonyl (C=O) groups excluding carboxylic acids is 2. The number of hydrogen-bond acceptors (Lipinski definition) is 9. The van der Waals surface area contributed by atoms with Crippen LogP contribution in [0, 0.1) is 0 Å². The van der Waals surface area contributed by atoms with Gasteiger partial charge in [-0.1, -0.05) is 0 Å². The van der Waals surface area contributed by atoms with Crippen molar-refractivity contribution >= 4 is 27.9 Å². The number of aromatic nitrogens is 3. The van der Waals surface area contributed by atoms with Crippen LogP contribution in [0.4, 0.5) is 10.7 Å². The topological polar surface area (TPSA) is 153 Å². The fourth-order valence-corrected chi connectivity index (χ4v) is 3.01. The monoisotopic (exact) mass is 434 g/mol. The van der Waals surface area contributed by atoms with Crippen LogP contribution in [0.15, 0.2) is 29.4 Å². The SMILES string of the molecule is COc1cc(OC)nc(NC(=O)NS(=O)(=O)c2ncccc2C(=O)N(C)C)n1.[H-].[Na+]. The maximum absolute atomic E-state index is 12.5. The van der Waals surface area contributed by atoms with Crippen molar-refractivity contribution in [2.45, 2.75) is 5.03 Å². The Bertz CT molecular complexity index is 985. The maximum Gasteiger partial charge on any atom is 1.00 e. The third-order valence-corrected chi connectivity index (χ3v) is 4.50. The van der Waals surface area contributed by atoms with Gasteiger partial charge < -0.3 is 15.8 Å². The molecule has 2 N–H and O–H groups in total. The summed E-state index contributed by atoms with van der Waals surface area (Å²) >= 11 is 0. The number of carbonyl (C=O) groups is 2. The predicted octanol–water partition coefficient (Wildman–Crippen LogP) is -2.78. The van der Waals surface area contributed by atoms with Gasteiger partial charge in [0.15, 0.2) is 5.03 Å². The van der Waals surface area contributed by atoms with Crippen molar-refractivity contribution in [2.24, 2.45) is 0 Å². The van der Waals surface area contributed by atoms with Crippen LogP contribution in [0.25, 0.3) is 0 Å². The normalized spacial score (nSPS) is 10.3. The van der Waals surface area contributed by atoms with Crippen molar-refractivity contribution in [1.82, 2.24) is 24.6 Å². The van der Waals surface area contributed by atoms with E-state index in [1.807, 2.05) is 0 Å². The first-order valence-corrected chi connectivity index (χ1v) is 9.13. The summed E-state index contributed by atoms with van der Waals surface area (Å²) in [5.41, 5.74) is -0.188. The van der Waals surface area contributed by atoms with Crippen molar-refractivity contribution in [2.75, 3.05) is 33.6 Å². The summed E-state index contributed by atoms with van der Waals surface area (Å²) in [7, 11) is 1.15. The van der Waals surface area contributed by atoms with Crippen LogP contribution >= 0.6 is 0 Å². The average molecular weight is 434 g/mol. The summed E-state index contributed by atoms with van der Waals surface area (Å²) in [5, 5.41) is 1.56. The number of anilines is 1. The molecule has 0 saturated carbocycles. The molecule has 0 saturated heterocycles. The zero-order valence-electron chi connectivity index (χ0n) is 17.5. The number of methoxy groups -OCH3 is 2. The summed E-state index contributed by atoms with van der Waals surface area (Å²) in [6.45, 7) is 0. The number of rotatable bonds is 6. The minimum atomic E-state index is -4.46. The molecule has 0 fully saturated rings. The van der Waals surface area contributed by atoms with Crippen LogP contribution in [0.2, 0.25) is 0 Å². The fourth-order valence-electron chi connectivity index (χ4n) is 1.98. The molecule has 2 heterocycles. The summed E-state index contributed by atoms with van der Waals surface area (Å²) in [6.07, 6.45) is 1.19. The Labute approximate surface area is 190 Å². The van der Waals surface area contributed by atoms with Crippen molar-refractivity contribution in [3.05, 3.63) is 30.0 Å². The van der Waals surface area contributed by atoms with E-state index in [9.17, 15) is 18.0 Å². The molecule has 14 heteroatoms. The van der Waals surface area contributed by atoms with E-state index in [-0.39, 0.29) is 54.3 Å². The first-order valence-electron chi connectivity index (χ1n) is 7.65. The molecule has 0 atom stereocenters. The van der Waals surface area contributed by atoms with Crippen molar-refractivity contribution < 1.29 is 58.5 Å². The predicted molar refractivity (Wildman–Crippen MR) is 97.8 cm³/mol. The van der Waals surface area contributed by atoms with Crippen LogP contribution in [0.5, 0.6) is 11.8 Å². The summed E-state index contributed by atoms with van der Waals surface area (Å²) < 4.78 is 36.7. The second kappa shape index (κ2) is 10.3. The molecule has 0 spiro atoms. The van der Waals surface area contributed by atoms with Crippen LogP contribution in [0.3, 0.4) is 0 Å². The van der Waals surface area contributed by atoms with Gasteiger partial charge in [-0.05, 0) is 12.1 Å². The molecule has 0 aliphatic carbocycles. The van der Waals surface area contributed by atoms with Gasteiger partial charge in [-0.3, -0.25) is 10.1 Å². The number of nitrogens with one attached hydrogen (secondary N) is 2. The summed E-state index contributed by atoms with van der Waals surface area (Å²) in [4.78, 5) is 36.9. The molecule has 0 aliphatic heterocycles. The first-order chi connectivity index (χ1) is 13.2. The van der Waals surface area contributed by atoms with Crippen molar-refractivity contribution in [3.63, 3.8) is 0 Å². The number of nitrogens with zero attached hydrogens (tertiary/aromatic N) is 4. The zero-order valence-corrected chi connectivity index (χ0v) is 19.3. The molecular formula is C15H19N6NaO6S. The number of ether oxygens (including phenoxy) is 2. The Hall–Kier alpha value is -2.48. The van der Waals surface area contributed by atoms with E-state index in [0.717, 1.165) is 0 Å². The van der Waals surface area contributed by atoms with E-state index < -0.39 is 27.0 Å². The van der Waals surface area contributed by atoms with Gasteiger partial charge >= 0.3 is 35.6 Å². The molecular weight excluding hydrogens is 415 g/mol. The molecule has 2 rings (SSSR count). The van der Waals surface area contributed by atoms with Gasteiger partial charge in [-0.25, -0.2) is 14.5 Å². The summed E-state index contributed by atoms with van der Waals surface area (Å²) in [6, 6.07) is 2.90.